The Morgan fingerprint density at radius 1 is 1.20 bits per heavy atom. The molecule has 0 spiro atoms. The van der Waals surface area contributed by atoms with Crippen LogP contribution >= 0.6 is 11.8 Å². The van der Waals surface area contributed by atoms with Crippen LogP contribution in [0.15, 0.2) is 29.2 Å². The number of nitrogens with one attached hydrogen (secondary N) is 1. The van der Waals surface area contributed by atoms with Gasteiger partial charge >= 0.3 is 0 Å². The topological polar surface area (TPSA) is 46.2 Å². The van der Waals surface area contributed by atoms with Gasteiger partial charge in [0.05, 0.1) is 4.91 Å². The Morgan fingerprint density at radius 2 is 1.87 bits per heavy atom. The minimum absolute atomic E-state index is 0.307. The highest BCUT2D eigenvalue weighted by Crippen LogP contribution is 2.25. The second-order valence-corrected chi connectivity index (χ2v) is 4.28. The van der Waals surface area contributed by atoms with Gasteiger partial charge in [-0.25, -0.2) is 0 Å². The Kier molecular flexibility index (Phi) is 2.60. The van der Waals surface area contributed by atoms with Crippen molar-refractivity contribution in [3.63, 3.8) is 0 Å². The maximum Gasteiger partial charge on any atom is 0.290 e. The number of imide groups is 1. The van der Waals surface area contributed by atoms with Crippen molar-refractivity contribution in [2.45, 2.75) is 6.92 Å². The summed E-state index contributed by atoms with van der Waals surface area (Å²) in [5.41, 5.74) is 2.09. The van der Waals surface area contributed by atoms with E-state index in [1.54, 1.807) is 6.08 Å². The molecule has 1 N–H and O–H groups in total. The van der Waals surface area contributed by atoms with Crippen LogP contribution in [-0.4, -0.2) is 11.1 Å². The van der Waals surface area contributed by atoms with Crippen molar-refractivity contribution in [1.29, 1.82) is 0 Å². The van der Waals surface area contributed by atoms with Crippen LogP contribution in [0.5, 0.6) is 0 Å². The highest BCUT2D eigenvalue weighted by atomic mass is 32.2. The third-order valence-electron chi connectivity index (χ3n) is 2.02. The first-order valence-corrected chi connectivity index (χ1v) is 5.28. The van der Waals surface area contributed by atoms with Crippen molar-refractivity contribution in [3.05, 3.63) is 40.3 Å². The van der Waals surface area contributed by atoms with E-state index in [2.05, 4.69) is 5.32 Å². The van der Waals surface area contributed by atoms with Gasteiger partial charge in [-0.1, -0.05) is 29.8 Å². The molecule has 76 valence electrons. The van der Waals surface area contributed by atoms with Gasteiger partial charge in [-0.2, -0.15) is 0 Å². The summed E-state index contributed by atoms with van der Waals surface area (Å²) in [6.07, 6.45) is 1.71. The molecule has 0 radical (unpaired) electrons. The molecule has 4 heteroatoms. The van der Waals surface area contributed by atoms with Crippen molar-refractivity contribution in [3.8, 4) is 0 Å². The van der Waals surface area contributed by atoms with E-state index in [0.29, 0.717) is 4.91 Å². The molecule has 2 amide bonds. The van der Waals surface area contributed by atoms with E-state index in [4.69, 9.17) is 0 Å². The Balaban J connectivity index is 2.27. The molecule has 15 heavy (non-hydrogen) atoms. The van der Waals surface area contributed by atoms with E-state index in [-0.39, 0.29) is 11.1 Å². The molecular weight excluding hydrogens is 210 g/mol. The monoisotopic (exact) mass is 219 g/mol. The molecule has 1 saturated heterocycles. The van der Waals surface area contributed by atoms with Gasteiger partial charge in [-0.05, 0) is 30.3 Å². The molecule has 0 atom stereocenters. The molecule has 0 unspecified atom stereocenters. The van der Waals surface area contributed by atoms with Crippen LogP contribution in [0, 0.1) is 6.92 Å². The van der Waals surface area contributed by atoms with Gasteiger partial charge < -0.3 is 0 Å². The standard InChI is InChI=1S/C11H9NO2S/c1-7-2-4-8(5-3-7)6-9-10(13)12-11(14)15-9/h2-6H,1H3,(H,12,13,14)/b9-6-. The van der Waals surface area contributed by atoms with Gasteiger partial charge in [0.15, 0.2) is 0 Å². The van der Waals surface area contributed by atoms with E-state index >= 15 is 0 Å². The molecule has 1 fully saturated rings. The summed E-state index contributed by atoms with van der Waals surface area (Å²) >= 11 is 0.934. The number of thioether (sulfide) groups is 1. The van der Waals surface area contributed by atoms with Gasteiger partial charge in [0.1, 0.15) is 0 Å². The number of carbonyl (C=O) groups is 2. The fourth-order valence-electron chi connectivity index (χ4n) is 1.24. The molecule has 0 bridgehead atoms. The average Bonchev–Trinajstić information content (AvgIpc) is 2.49. The fraction of sp³-hybridized carbons (Fsp3) is 0.0909. The predicted octanol–water partition coefficient (Wildman–Crippen LogP) is 2.32. The molecule has 0 saturated carbocycles. The largest absolute Gasteiger partial charge is 0.290 e. The van der Waals surface area contributed by atoms with Gasteiger partial charge in [-0.3, -0.25) is 14.9 Å². The summed E-state index contributed by atoms with van der Waals surface area (Å²) < 4.78 is 0. The average molecular weight is 219 g/mol. The zero-order chi connectivity index (χ0) is 10.8. The molecular formula is C11H9NO2S. The number of aryl methyl sites for hydroxylation is 1. The zero-order valence-corrected chi connectivity index (χ0v) is 8.93. The smallest absolute Gasteiger partial charge is 0.282 e. The van der Waals surface area contributed by atoms with Crippen LogP contribution in [-0.2, 0) is 4.79 Å². The molecule has 0 aliphatic carbocycles. The van der Waals surface area contributed by atoms with Crippen molar-refractivity contribution in [2.24, 2.45) is 0 Å². The third-order valence-corrected chi connectivity index (χ3v) is 2.83. The maximum absolute atomic E-state index is 11.2. The summed E-state index contributed by atoms with van der Waals surface area (Å²) in [6.45, 7) is 2.00. The minimum atomic E-state index is -0.314. The van der Waals surface area contributed by atoms with Crippen molar-refractivity contribution in [2.75, 3.05) is 0 Å². The first-order valence-electron chi connectivity index (χ1n) is 4.47. The van der Waals surface area contributed by atoms with Crippen LogP contribution in [0.3, 0.4) is 0 Å². The molecule has 0 aromatic heterocycles. The first-order chi connectivity index (χ1) is 7.15. The summed E-state index contributed by atoms with van der Waals surface area (Å²) in [6, 6.07) is 7.76. The number of hydrogen-bond acceptors (Lipinski definition) is 3. The van der Waals surface area contributed by atoms with E-state index in [9.17, 15) is 9.59 Å². The van der Waals surface area contributed by atoms with Crippen LogP contribution in [0.2, 0.25) is 0 Å². The summed E-state index contributed by atoms with van der Waals surface area (Å²) in [4.78, 5) is 22.6. The van der Waals surface area contributed by atoms with Crippen molar-refractivity contribution >= 4 is 29.0 Å². The zero-order valence-electron chi connectivity index (χ0n) is 8.11. The molecule has 2 rings (SSSR count). The molecule has 1 aromatic carbocycles. The SMILES string of the molecule is Cc1ccc(/C=C2\SC(=O)NC2=O)cc1. The molecule has 3 nitrogen and oxygen atoms in total. The van der Waals surface area contributed by atoms with Crippen molar-refractivity contribution in [1.82, 2.24) is 5.32 Å². The lowest BCUT2D eigenvalue weighted by atomic mass is 10.1. The van der Waals surface area contributed by atoms with E-state index in [0.717, 1.165) is 22.9 Å². The predicted molar refractivity (Wildman–Crippen MR) is 60.3 cm³/mol. The molecule has 1 heterocycles. The van der Waals surface area contributed by atoms with Crippen molar-refractivity contribution < 1.29 is 9.59 Å². The molecule has 1 aliphatic rings. The summed E-state index contributed by atoms with van der Waals surface area (Å²) in [7, 11) is 0. The van der Waals surface area contributed by atoms with Gasteiger partial charge in [0.25, 0.3) is 11.1 Å². The third kappa shape index (κ3) is 2.27. The highest BCUT2D eigenvalue weighted by Gasteiger charge is 2.24. The molecule has 1 aliphatic heterocycles. The second-order valence-electron chi connectivity index (χ2n) is 3.26. The van der Waals surface area contributed by atoms with Crippen LogP contribution < -0.4 is 5.32 Å². The fourth-order valence-corrected chi connectivity index (χ4v) is 1.92. The Bertz CT molecular complexity index is 448. The van der Waals surface area contributed by atoms with Gasteiger partial charge in [0, 0.05) is 0 Å². The quantitative estimate of drug-likeness (QED) is 0.737. The lowest BCUT2D eigenvalue weighted by Crippen LogP contribution is -2.17. The van der Waals surface area contributed by atoms with Gasteiger partial charge in [0.2, 0.25) is 0 Å². The summed E-state index contributed by atoms with van der Waals surface area (Å²) in [5.74, 6) is -0.314. The number of amides is 2. The van der Waals surface area contributed by atoms with Crippen LogP contribution in [0.4, 0.5) is 4.79 Å². The highest BCUT2D eigenvalue weighted by molar-refractivity contribution is 8.18. The summed E-state index contributed by atoms with van der Waals surface area (Å²) in [5, 5.41) is 1.91. The molecule has 1 aromatic rings. The van der Waals surface area contributed by atoms with Gasteiger partial charge in [-0.15, -0.1) is 0 Å². The minimum Gasteiger partial charge on any atom is -0.282 e. The second kappa shape index (κ2) is 3.90. The number of hydrogen-bond donors (Lipinski definition) is 1. The number of carbonyl (C=O) groups excluding carboxylic acids is 2. The first kappa shape index (κ1) is 9.98. The lowest BCUT2D eigenvalue weighted by molar-refractivity contribution is -0.115. The number of benzene rings is 1. The normalized spacial score (nSPS) is 18.3. The number of rotatable bonds is 1. The van der Waals surface area contributed by atoms with E-state index < -0.39 is 0 Å². The Morgan fingerprint density at radius 3 is 2.40 bits per heavy atom. The Labute approximate surface area is 91.6 Å². The lowest BCUT2D eigenvalue weighted by Gasteiger charge is -1.95. The van der Waals surface area contributed by atoms with E-state index in [1.165, 1.54) is 0 Å². The van der Waals surface area contributed by atoms with Crippen LogP contribution in [0.25, 0.3) is 6.08 Å². The van der Waals surface area contributed by atoms with E-state index in [1.807, 2.05) is 31.2 Å². The maximum atomic E-state index is 11.2. The Hall–Kier alpha value is -1.55. The van der Waals surface area contributed by atoms with Crippen LogP contribution in [0.1, 0.15) is 11.1 Å².